The molecule has 108 valence electrons. The van der Waals surface area contributed by atoms with E-state index in [1.165, 1.54) is 13.1 Å². The first-order valence-electron chi connectivity index (χ1n) is 6.71. The highest BCUT2D eigenvalue weighted by Crippen LogP contribution is 2.29. The molecule has 6 nitrogen and oxygen atoms in total. The van der Waals surface area contributed by atoms with Gasteiger partial charge in [-0.2, -0.15) is 5.10 Å². The van der Waals surface area contributed by atoms with Gasteiger partial charge < -0.3 is 9.15 Å². The summed E-state index contributed by atoms with van der Waals surface area (Å²) in [6.07, 6.45) is 4.83. The standard InChI is InChI=1S/C15H15N3O3/c1-3-20-14-12(10(2)19)7-16-15-13(14)8-17-18(15)9-11-5-4-6-21-11/h4-8H,3,9H2,1-2H3. The minimum atomic E-state index is -0.0772. The van der Waals surface area contributed by atoms with Crippen LogP contribution in [0.1, 0.15) is 30.0 Å². The van der Waals surface area contributed by atoms with E-state index in [9.17, 15) is 4.79 Å². The van der Waals surface area contributed by atoms with Crippen LogP contribution >= 0.6 is 0 Å². The number of rotatable bonds is 5. The third-order valence-electron chi connectivity index (χ3n) is 3.17. The molecule has 0 aliphatic carbocycles. The fourth-order valence-electron chi connectivity index (χ4n) is 2.22. The third kappa shape index (κ3) is 2.40. The summed E-state index contributed by atoms with van der Waals surface area (Å²) in [6.45, 7) is 4.33. The number of aromatic nitrogens is 3. The molecule has 21 heavy (non-hydrogen) atoms. The number of Topliss-reactive ketones (excluding diaryl/α,β-unsaturated/α-hetero) is 1. The smallest absolute Gasteiger partial charge is 0.165 e. The molecule has 0 aliphatic rings. The number of carbonyl (C=O) groups excluding carboxylic acids is 1. The minimum Gasteiger partial charge on any atom is -0.492 e. The summed E-state index contributed by atoms with van der Waals surface area (Å²) >= 11 is 0. The maximum atomic E-state index is 11.7. The van der Waals surface area contributed by atoms with Crippen molar-refractivity contribution in [3.63, 3.8) is 0 Å². The van der Waals surface area contributed by atoms with Crippen molar-refractivity contribution in [1.82, 2.24) is 14.8 Å². The molecular formula is C15H15N3O3. The van der Waals surface area contributed by atoms with Gasteiger partial charge in [0.05, 0.1) is 30.0 Å². The van der Waals surface area contributed by atoms with E-state index in [1.54, 1.807) is 17.1 Å². The van der Waals surface area contributed by atoms with Gasteiger partial charge in [0.2, 0.25) is 0 Å². The second kappa shape index (κ2) is 5.40. The number of hydrogen-bond donors (Lipinski definition) is 0. The van der Waals surface area contributed by atoms with E-state index in [2.05, 4.69) is 10.1 Å². The first-order chi connectivity index (χ1) is 10.2. The highest BCUT2D eigenvalue weighted by Gasteiger charge is 2.17. The van der Waals surface area contributed by atoms with Gasteiger partial charge in [0.25, 0.3) is 0 Å². The second-order valence-corrected chi connectivity index (χ2v) is 4.61. The van der Waals surface area contributed by atoms with E-state index in [4.69, 9.17) is 9.15 Å². The average Bonchev–Trinajstić information content (AvgIpc) is 3.10. The zero-order valence-electron chi connectivity index (χ0n) is 11.9. The number of hydrogen-bond acceptors (Lipinski definition) is 5. The molecule has 0 aliphatic heterocycles. The monoisotopic (exact) mass is 285 g/mol. The van der Waals surface area contributed by atoms with Crippen molar-refractivity contribution in [3.05, 3.63) is 42.1 Å². The van der Waals surface area contributed by atoms with Gasteiger partial charge in [-0.05, 0) is 26.0 Å². The highest BCUT2D eigenvalue weighted by molar-refractivity contribution is 6.01. The molecular weight excluding hydrogens is 270 g/mol. The van der Waals surface area contributed by atoms with E-state index < -0.39 is 0 Å². The Hall–Kier alpha value is -2.63. The summed E-state index contributed by atoms with van der Waals surface area (Å²) in [4.78, 5) is 16.0. The lowest BCUT2D eigenvalue weighted by molar-refractivity contribution is 0.101. The molecule has 0 radical (unpaired) electrons. The molecule has 0 amide bonds. The number of ether oxygens (including phenoxy) is 1. The lowest BCUT2D eigenvalue weighted by Gasteiger charge is -2.09. The molecule has 0 aromatic carbocycles. The lowest BCUT2D eigenvalue weighted by Crippen LogP contribution is -2.05. The van der Waals surface area contributed by atoms with Gasteiger partial charge in [-0.3, -0.25) is 4.79 Å². The number of ketones is 1. The molecule has 3 aromatic rings. The molecule has 0 unspecified atom stereocenters. The Morgan fingerprint density at radius 3 is 2.95 bits per heavy atom. The molecule has 3 aromatic heterocycles. The van der Waals surface area contributed by atoms with Crippen molar-refractivity contribution < 1.29 is 13.9 Å². The number of fused-ring (bicyclic) bond motifs is 1. The van der Waals surface area contributed by atoms with Crippen molar-refractivity contribution in [2.45, 2.75) is 20.4 Å². The van der Waals surface area contributed by atoms with Crippen LogP contribution in [0, 0.1) is 0 Å². The quantitative estimate of drug-likeness (QED) is 0.674. The first kappa shape index (κ1) is 13.4. The number of furan rings is 1. The van der Waals surface area contributed by atoms with E-state index in [0.29, 0.717) is 30.1 Å². The third-order valence-corrected chi connectivity index (χ3v) is 3.17. The van der Waals surface area contributed by atoms with Crippen LogP contribution in [0.25, 0.3) is 11.0 Å². The molecule has 6 heteroatoms. The van der Waals surface area contributed by atoms with E-state index in [0.717, 1.165) is 11.1 Å². The molecule has 0 saturated carbocycles. The fraction of sp³-hybridized carbons (Fsp3) is 0.267. The highest BCUT2D eigenvalue weighted by atomic mass is 16.5. The van der Waals surface area contributed by atoms with Crippen molar-refractivity contribution in [2.24, 2.45) is 0 Å². The fourth-order valence-corrected chi connectivity index (χ4v) is 2.22. The van der Waals surface area contributed by atoms with E-state index in [-0.39, 0.29) is 5.78 Å². The zero-order valence-corrected chi connectivity index (χ0v) is 11.9. The predicted octanol–water partition coefficient (Wildman–Crippen LogP) is 2.67. The maximum Gasteiger partial charge on any atom is 0.165 e. The van der Waals surface area contributed by atoms with Gasteiger partial charge in [-0.25, -0.2) is 9.67 Å². The molecule has 0 saturated heterocycles. The zero-order chi connectivity index (χ0) is 14.8. The van der Waals surface area contributed by atoms with Gasteiger partial charge >= 0.3 is 0 Å². The molecule has 0 N–H and O–H groups in total. The number of pyridine rings is 1. The van der Waals surface area contributed by atoms with Crippen LogP contribution < -0.4 is 4.74 Å². The van der Waals surface area contributed by atoms with Crippen LogP contribution in [-0.2, 0) is 6.54 Å². The average molecular weight is 285 g/mol. The SMILES string of the molecule is CCOc1c(C(C)=O)cnc2c1cnn2Cc1ccco1. The van der Waals surface area contributed by atoms with Gasteiger partial charge in [0, 0.05) is 6.20 Å². The van der Waals surface area contributed by atoms with Crippen LogP contribution in [0.15, 0.2) is 35.2 Å². The van der Waals surface area contributed by atoms with E-state index in [1.807, 2.05) is 19.1 Å². The van der Waals surface area contributed by atoms with Crippen molar-refractivity contribution in [1.29, 1.82) is 0 Å². The molecule has 3 heterocycles. The molecule has 0 atom stereocenters. The van der Waals surface area contributed by atoms with Gasteiger partial charge in [0.15, 0.2) is 11.4 Å². The van der Waals surface area contributed by atoms with Crippen LogP contribution in [0.3, 0.4) is 0 Å². The second-order valence-electron chi connectivity index (χ2n) is 4.61. The van der Waals surface area contributed by atoms with Crippen molar-refractivity contribution in [2.75, 3.05) is 6.61 Å². The Kier molecular flexibility index (Phi) is 3.43. The summed E-state index contributed by atoms with van der Waals surface area (Å²) in [7, 11) is 0. The van der Waals surface area contributed by atoms with Gasteiger partial charge in [-0.15, -0.1) is 0 Å². The number of nitrogens with zero attached hydrogens (tertiary/aromatic N) is 3. The predicted molar refractivity (Wildman–Crippen MR) is 76.5 cm³/mol. The van der Waals surface area contributed by atoms with Gasteiger partial charge in [0.1, 0.15) is 18.1 Å². The largest absolute Gasteiger partial charge is 0.492 e. The van der Waals surface area contributed by atoms with Crippen LogP contribution in [0.4, 0.5) is 0 Å². The lowest BCUT2D eigenvalue weighted by atomic mass is 10.1. The number of carbonyl (C=O) groups is 1. The first-order valence-corrected chi connectivity index (χ1v) is 6.71. The molecule has 3 rings (SSSR count). The summed E-state index contributed by atoms with van der Waals surface area (Å²) < 4.78 is 12.7. The Bertz CT molecular complexity index is 775. The van der Waals surface area contributed by atoms with Crippen molar-refractivity contribution in [3.8, 4) is 5.75 Å². The topological polar surface area (TPSA) is 70.2 Å². The Balaban J connectivity index is 2.10. The minimum absolute atomic E-state index is 0.0772. The van der Waals surface area contributed by atoms with Crippen LogP contribution in [0.2, 0.25) is 0 Å². The normalized spacial score (nSPS) is 11.0. The molecule has 0 bridgehead atoms. The molecule has 0 spiro atoms. The summed E-state index contributed by atoms with van der Waals surface area (Å²) in [5.74, 6) is 1.25. The van der Waals surface area contributed by atoms with Crippen molar-refractivity contribution >= 4 is 16.8 Å². The van der Waals surface area contributed by atoms with E-state index >= 15 is 0 Å². The Labute approximate surface area is 121 Å². The van der Waals surface area contributed by atoms with Crippen LogP contribution in [-0.4, -0.2) is 27.2 Å². The maximum absolute atomic E-state index is 11.7. The van der Waals surface area contributed by atoms with Crippen LogP contribution in [0.5, 0.6) is 5.75 Å². The summed E-state index contributed by atoms with van der Waals surface area (Å²) in [6, 6.07) is 3.70. The van der Waals surface area contributed by atoms with Gasteiger partial charge in [-0.1, -0.05) is 0 Å². The molecule has 0 fully saturated rings. The Morgan fingerprint density at radius 1 is 1.43 bits per heavy atom. The Morgan fingerprint density at radius 2 is 2.29 bits per heavy atom. The summed E-state index contributed by atoms with van der Waals surface area (Å²) in [5.41, 5.74) is 1.14. The summed E-state index contributed by atoms with van der Waals surface area (Å²) in [5, 5.41) is 5.05.